The molecular weight excluding hydrogens is 398 g/mol. The van der Waals surface area contributed by atoms with E-state index in [1.54, 1.807) is 11.0 Å². The highest BCUT2D eigenvalue weighted by Gasteiger charge is 2.36. The number of halogens is 4. The van der Waals surface area contributed by atoms with E-state index in [1.165, 1.54) is 30.5 Å². The molecule has 2 heterocycles. The van der Waals surface area contributed by atoms with Crippen molar-refractivity contribution in [3.05, 3.63) is 59.5 Å². The molecule has 4 nitrogen and oxygen atoms in total. The molecule has 4 rings (SSSR count). The first-order chi connectivity index (χ1) is 14.2. The van der Waals surface area contributed by atoms with Crippen molar-refractivity contribution in [1.82, 2.24) is 0 Å². The zero-order valence-corrected chi connectivity index (χ0v) is 16.3. The summed E-state index contributed by atoms with van der Waals surface area (Å²) in [6, 6.07) is 8.28. The van der Waals surface area contributed by atoms with Gasteiger partial charge >= 0.3 is 6.18 Å². The molecule has 158 valence electrons. The van der Waals surface area contributed by atoms with Gasteiger partial charge in [0, 0.05) is 36.2 Å². The van der Waals surface area contributed by atoms with Crippen molar-refractivity contribution < 1.29 is 22.4 Å². The molecule has 0 aromatic heterocycles. The van der Waals surface area contributed by atoms with E-state index in [9.17, 15) is 22.4 Å². The minimum Gasteiger partial charge on any atom is -0.371 e. The van der Waals surface area contributed by atoms with Crippen LogP contribution in [0.1, 0.15) is 30.9 Å². The number of carbonyl (C=O) groups is 1. The van der Waals surface area contributed by atoms with E-state index in [0.29, 0.717) is 24.7 Å². The lowest BCUT2D eigenvalue weighted by molar-refractivity contribution is -0.137. The highest BCUT2D eigenvalue weighted by molar-refractivity contribution is 6.31. The normalized spacial score (nSPS) is 20.3. The van der Waals surface area contributed by atoms with Gasteiger partial charge in [-0.25, -0.2) is 4.39 Å². The number of nitrogens with zero attached hydrogens (tertiary/aromatic N) is 1. The molecule has 1 atom stereocenters. The van der Waals surface area contributed by atoms with E-state index in [-0.39, 0.29) is 22.5 Å². The maximum Gasteiger partial charge on any atom is 0.418 e. The van der Waals surface area contributed by atoms with Gasteiger partial charge in [0.25, 0.3) is 5.91 Å². The summed E-state index contributed by atoms with van der Waals surface area (Å²) in [5.41, 5.74) is 0.0556. The van der Waals surface area contributed by atoms with E-state index >= 15 is 0 Å². The number of carbonyl (C=O) groups excluding carboxylic acids is 1. The maximum atomic E-state index is 14.1. The fraction of sp³-hybridized carbons (Fsp3) is 0.318. The second kappa shape index (κ2) is 7.66. The van der Waals surface area contributed by atoms with Crippen molar-refractivity contribution >= 4 is 28.5 Å². The summed E-state index contributed by atoms with van der Waals surface area (Å²) in [6.45, 7) is 3.20. The third kappa shape index (κ3) is 3.86. The number of nitrogens with one attached hydrogen (secondary N) is 2. The molecule has 0 saturated carbocycles. The predicted molar refractivity (Wildman–Crippen MR) is 109 cm³/mol. The average Bonchev–Trinajstić information content (AvgIpc) is 3.02. The lowest BCUT2D eigenvalue weighted by Crippen LogP contribution is -2.35. The van der Waals surface area contributed by atoms with Crippen molar-refractivity contribution in [2.24, 2.45) is 5.92 Å². The molecule has 1 amide bonds. The van der Waals surface area contributed by atoms with Crippen LogP contribution in [0.4, 0.5) is 34.6 Å². The number of amides is 1. The number of hydrogen-bond donors (Lipinski definition) is 2. The topological polar surface area (TPSA) is 44.4 Å². The van der Waals surface area contributed by atoms with E-state index < -0.39 is 23.5 Å². The minimum absolute atomic E-state index is 0.0330. The molecular formula is C22H21F4N3O. The number of benzene rings is 2. The Morgan fingerprint density at radius 2 is 2.03 bits per heavy atom. The smallest absolute Gasteiger partial charge is 0.371 e. The van der Waals surface area contributed by atoms with Crippen molar-refractivity contribution in [3.63, 3.8) is 0 Å². The van der Waals surface area contributed by atoms with Crippen LogP contribution in [0.25, 0.3) is 5.57 Å². The van der Waals surface area contributed by atoms with Crippen molar-refractivity contribution in [2.75, 3.05) is 28.6 Å². The Morgan fingerprint density at radius 3 is 2.77 bits per heavy atom. The van der Waals surface area contributed by atoms with Crippen molar-refractivity contribution in [3.8, 4) is 0 Å². The monoisotopic (exact) mass is 419 g/mol. The number of fused-ring (bicyclic) bond motifs is 1. The molecule has 30 heavy (non-hydrogen) atoms. The first-order valence-corrected chi connectivity index (χ1v) is 9.77. The zero-order chi connectivity index (χ0) is 21.5. The first kappa shape index (κ1) is 20.3. The summed E-state index contributed by atoms with van der Waals surface area (Å²) in [5, 5.41) is 5.27. The van der Waals surface area contributed by atoms with Gasteiger partial charge < -0.3 is 15.5 Å². The fourth-order valence-corrected chi connectivity index (χ4v) is 4.04. The van der Waals surface area contributed by atoms with Crippen molar-refractivity contribution in [2.45, 2.75) is 25.9 Å². The molecule has 2 aromatic carbocycles. The van der Waals surface area contributed by atoms with Gasteiger partial charge in [-0.1, -0.05) is 13.0 Å². The summed E-state index contributed by atoms with van der Waals surface area (Å²) in [7, 11) is 0. The number of piperidine rings is 1. The summed E-state index contributed by atoms with van der Waals surface area (Å²) >= 11 is 0. The van der Waals surface area contributed by atoms with Gasteiger partial charge in [0.2, 0.25) is 0 Å². The summed E-state index contributed by atoms with van der Waals surface area (Å²) in [4.78, 5) is 13.9. The lowest BCUT2D eigenvalue weighted by Gasteiger charge is -2.34. The highest BCUT2D eigenvalue weighted by atomic mass is 19.4. The Morgan fingerprint density at radius 1 is 1.23 bits per heavy atom. The van der Waals surface area contributed by atoms with Crippen LogP contribution < -0.4 is 15.5 Å². The predicted octanol–water partition coefficient (Wildman–Crippen LogP) is 5.49. The molecule has 2 aliphatic heterocycles. The largest absolute Gasteiger partial charge is 0.418 e. The third-order valence-electron chi connectivity index (χ3n) is 5.46. The molecule has 8 heteroatoms. The maximum absolute atomic E-state index is 14.1. The van der Waals surface area contributed by atoms with E-state index in [4.69, 9.17) is 0 Å². The molecule has 2 aromatic rings. The van der Waals surface area contributed by atoms with Crippen LogP contribution >= 0.6 is 0 Å². The van der Waals surface area contributed by atoms with E-state index in [2.05, 4.69) is 10.6 Å². The average molecular weight is 419 g/mol. The fourth-order valence-electron chi connectivity index (χ4n) is 4.04. The first-order valence-electron chi connectivity index (χ1n) is 9.77. The van der Waals surface area contributed by atoms with Gasteiger partial charge in [-0.15, -0.1) is 0 Å². The Kier molecular flexibility index (Phi) is 5.17. The third-order valence-corrected chi connectivity index (χ3v) is 5.46. The Labute approximate surface area is 171 Å². The zero-order valence-electron chi connectivity index (χ0n) is 16.3. The van der Waals surface area contributed by atoms with Crippen LogP contribution in [0.3, 0.4) is 0 Å². The number of rotatable bonds is 3. The molecule has 0 spiro atoms. The molecule has 0 aliphatic carbocycles. The van der Waals surface area contributed by atoms with Crippen molar-refractivity contribution in [1.29, 1.82) is 0 Å². The molecule has 0 radical (unpaired) electrons. The van der Waals surface area contributed by atoms with Crippen LogP contribution in [0.2, 0.25) is 0 Å². The Hall–Kier alpha value is -3.03. The number of hydrogen-bond acceptors (Lipinski definition) is 3. The molecule has 0 bridgehead atoms. The van der Waals surface area contributed by atoms with E-state index in [0.717, 1.165) is 18.9 Å². The lowest BCUT2D eigenvalue weighted by atomic mass is 9.98. The number of alkyl halides is 3. The minimum atomic E-state index is -4.52. The summed E-state index contributed by atoms with van der Waals surface area (Å²) < 4.78 is 55.4. The summed E-state index contributed by atoms with van der Waals surface area (Å²) in [6.07, 6.45) is -1.43. The van der Waals surface area contributed by atoms with Gasteiger partial charge in [-0.05, 0) is 49.1 Å². The van der Waals surface area contributed by atoms with Gasteiger partial charge in [-0.2, -0.15) is 13.2 Å². The molecule has 2 N–H and O–H groups in total. The highest BCUT2D eigenvalue weighted by Crippen LogP contribution is 2.40. The molecule has 1 fully saturated rings. The quantitative estimate of drug-likeness (QED) is 0.511. The number of anilines is 3. The summed E-state index contributed by atoms with van der Waals surface area (Å²) in [5.74, 6) is -0.764. The van der Waals surface area contributed by atoms with Crippen LogP contribution in [-0.4, -0.2) is 19.0 Å². The molecule has 1 unspecified atom stereocenters. The van der Waals surface area contributed by atoms with E-state index in [1.807, 2.05) is 6.92 Å². The van der Waals surface area contributed by atoms with Crippen LogP contribution in [0.5, 0.6) is 0 Å². The van der Waals surface area contributed by atoms with Crippen LogP contribution in [0.15, 0.2) is 42.6 Å². The second-order valence-electron chi connectivity index (χ2n) is 7.74. The Bertz CT molecular complexity index is 1020. The van der Waals surface area contributed by atoms with Gasteiger partial charge in [0.1, 0.15) is 5.82 Å². The molecule has 1 saturated heterocycles. The van der Waals surface area contributed by atoms with Gasteiger partial charge in [0.15, 0.2) is 0 Å². The van der Waals surface area contributed by atoms with Crippen LogP contribution in [-0.2, 0) is 11.0 Å². The van der Waals surface area contributed by atoms with Crippen LogP contribution in [0, 0.1) is 11.7 Å². The second-order valence-corrected chi connectivity index (χ2v) is 7.74. The van der Waals surface area contributed by atoms with Gasteiger partial charge in [0.05, 0.1) is 16.8 Å². The standard InChI is InChI=1S/C22H21F4N3O/c1-13-4-3-9-29(12-13)19-8-7-14(10-16(19)22(24,25)26)27-11-15-20-17(23)5-2-6-18(20)28-21(15)30/h2,5-8,10-11,13,27H,3-4,9,12H2,1H3,(H,28,30)/b15-11+. The van der Waals surface area contributed by atoms with Gasteiger partial charge in [-0.3, -0.25) is 4.79 Å². The Balaban J connectivity index is 1.65. The SMILES string of the molecule is CC1CCCN(c2ccc(N/C=C3/C(=O)Nc4cccc(F)c43)cc2C(F)(F)F)C1. The molecule has 2 aliphatic rings.